The normalized spacial score (nSPS) is 11.4. The van der Waals surface area contributed by atoms with Crippen molar-refractivity contribution >= 4 is 53.1 Å². The highest BCUT2D eigenvalue weighted by molar-refractivity contribution is 7.26. The van der Waals surface area contributed by atoms with Crippen molar-refractivity contribution in [1.29, 1.82) is 0 Å². The molecule has 0 radical (unpaired) electrons. The van der Waals surface area contributed by atoms with Crippen LogP contribution in [0.25, 0.3) is 109 Å². The number of hydrogen-bond acceptors (Lipinski definition) is 6. The third-order valence-corrected chi connectivity index (χ3v) is 12.9. The Labute approximate surface area is 343 Å². The second kappa shape index (κ2) is 14.4. The number of nitrogens with zero attached hydrogens (tertiary/aromatic N) is 4. The van der Waals surface area contributed by atoms with Gasteiger partial charge in [0.1, 0.15) is 5.01 Å². The number of benzene rings is 8. The van der Waals surface area contributed by atoms with Crippen molar-refractivity contribution in [3.8, 4) is 78.1 Å². The van der Waals surface area contributed by atoms with Gasteiger partial charge in [-0.1, -0.05) is 170 Å². The maximum absolute atomic E-state index is 5.33. The first kappa shape index (κ1) is 34.2. The lowest BCUT2D eigenvalue weighted by atomic mass is 9.96. The minimum atomic E-state index is 0.642. The number of para-hydroxylation sites is 1. The second-order valence-corrected chi connectivity index (χ2v) is 16.3. The van der Waals surface area contributed by atoms with E-state index in [1.807, 2.05) is 72.0 Å². The van der Waals surface area contributed by atoms with E-state index in [0.717, 1.165) is 43.9 Å². The highest BCUT2D eigenvalue weighted by atomic mass is 32.1. The molecule has 0 fully saturated rings. The van der Waals surface area contributed by atoms with E-state index in [9.17, 15) is 0 Å². The smallest absolute Gasteiger partial charge is 0.164 e. The number of hydrogen-bond donors (Lipinski definition) is 0. The molecule has 0 aliphatic carbocycles. The maximum atomic E-state index is 5.33. The van der Waals surface area contributed by atoms with Crippen molar-refractivity contribution in [2.75, 3.05) is 0 Å². The van der Waals surface area contributed by atoms with Crippen molar-refractivity contribution in [2.24, 2.45) is 0 Å². The van der Waals surface area contributed by atoms with Crippen LogP contribution in [0, 0.1) is 0 Å². The molecule has 0 saturated heterocycles. The predicted molar refractivity (Wildman–Crippen MR) is 244 cm³/mol. The molecule has 0 amide bonds. The Morgan fingerprint density at radius 1 is 0.310 bits per heavy atom. The number of thiophene rings is 1. The molecule has 0 aliphatic heterocycles. The SMILES string of the molecule is c1ccc(-c2cccc(-c3nc4c(-c5cccc6sc7c(-c8cccc(-c9nc(-c%10ccccc%10)nc(-c%10ccccc%10)n9)c8)cccc7c56)cccc4s3)c2)cc1. The average Bonchev–Trinajstić information content (AvgIpc) is 3.93. The van der Waals surface area contributed by atoms with Gasteiger partial charge >= 0.3 is 0 Å². The Balaban J connectivity index is 1.02. The molecule has 0 spiro atoms. The molecule has 272 valence electrons. The molecule has 3 heterocycles. The number of fused-ring (bicyclic) bond motifs is 4. The van der Waals surface area contributed by atoms with E-state index in [1.54, 1.807) is 11.3 Å². The van der Waals surface area contributed by atoms with Gasteiger partial charge in [0.05, 0.1) is 10.2 Å². The summed E-state index contributed by atoms with van der Waals surface area (Å²) in [4.78, 5) is 20.3. The fraction of sp³-hybridized carbons (Fsp3) is 0. The molecule has 6 heteroatoms. The van der Waals surface area contributed by atoms with Crippen molar-refractivity contribution in [3.63, 3.8) is 0 Å². The first-order chi connectivity index (χ1) is 28.7. The van der Waals surface area contributed by atoms with Crippen molar-refractivity contribution in [3.05, 3.63) is 194 Å². The Kier molecular flexibility index (Phi) is 8.50. The van der Waals surface area contributed by atoms with E-state index >= 15 is 0 Å². The third kappa shape index (κ3) is 6.16. The Bertz CT molecular complexity index is 3220. The zero-order chi connectivity index (χ0) is 38.4. The summed E-state index contributed by atoms with van der Waals surface area (Å²) in [7, 11) is 0. The number of rotatable bonds is 7. The van der Waals surface area contributed by atoms with Gasteiger partial charge < -0.3 is 0 Å². The van der Waals surface area contributed by atoms with Crippen LogP contribution in [0.5, 0.6) is 0 Å². The van der Waals surface area contributed by atoms with Crippen LogP contribution in [-0.4, -0.2) is 19.9 Å². The van der Waals surface area contributed by atoms with Gasteiger partial charge in [-0.3, -0.25) is 0 Å². The number of thiazole rings is 1. The van der Waals surface area contributed by atoms with Gasteiger partial charge in [-0.2, -0.15) is 0 Å². The van der Waals surface area contributed by atoms with Crippen LogP contribution in [-0.2, 0) is 0 Å². The highest BCUT2D eigenvalue weighted by Gasteiger charge is 2.19. The standard InChI is InChI=1S/C52H32N4S2/c1-4-15-33(16-5-1)36-21-10-24-39(31-36)52-53-47-42(27-14-30-45(47)58-52)41-26-13-29-44-46(41)43-28-12-25-40(48(43)57-44)37-22-11-23-38(32-37)51-55-49(34-17-6-2-7-18-34)54-50(56-51)35-19-8-3-9-20-35/h1-32H. The molecule has 0 saturated carbocycles. The monoisotopic (exact) mass is 776 g/mol. The van der Waals surface area contributed by atoms with Gasteiger partial charge in [0.2, 0.25) is 0 Å². The zero-order valence-corrected chi connectivity index (χ0v) is 32.7. The van der Waals surface area contributed by atoms with Crippen molar-refractivity contribution in [2.45, 2.75) is 0 Å². The van der Waals surface area contributed by atoms with E-state index in [2.05, 4.69) is 133 Å². The molecule has 0 atom stereocenters. The van der Waals surface area contributed by atoms with Crippen molar-refractivity contribution < 1.29 is 0 Å². The zero-order valence-electron chi connectivity index (χ0n) is 31.1. The second-order valence-electron chi connectivity index (χ2n) is 14.2. The average molecular weight is 777 g/mol. The van der Waals surface area contributed by atoms with E-state index in [4.69, 9.17) is 19.9 Å². The van der Waals surface area contributed by atoms with Crippen LogP contribution in [0.3, 0.4) is 0 Å². The summed E-state index contributed by atoms with van der Waals surface area (Å²) < 4.78 is 3.67. The molecule has 0 aliphatic rings. The first-order valence-corrected chi connectivity index (χ1v) is 20.8. The van der Waals surface area contributed by atoms with Gasteiger partial charge in [0.15, 0.2) is 17.5 Å². The molecule has 3 aromatic heterocycles. The van der Waals surface area contributed by atoms with Crippen LogP contribution in [0.4, 0.5) is 0 Å². The minimum Gasteiger partial charge on any atom is -0.235 e. The fourth-order valence-corrected chi connectivity index (χ4v) is 10.1. The third-order valence-electron chi connectivity index (χ3n) is 10.6. The number of aromatic nitrogens is 4. The molecular weight excluding hydrogens is 745 g/mol. The predicted octanol–water partition coefficient (Wildman–Crippen LogP) is 14.5. The molecule has 4 nitrogen and oxygen atoms in total. The lowest BCUT2D eigenvalue weighted by molar-refractivity contribution is 1.07. The van der Waals surface area contributed by atoms with Gasteiger partial charge in [-0.25, -0.2) is 19.9 Å². The summed E-state index contributed by atoms with van der Waals surface area (Å²) in [6.07, 6.45) is 0. The van der Waals surface area contributed by atoms with Crippen LogP contribution in [0.1, 0.15) is 0 Å². The van der Waals surface area contributed by atoms with Crippen LogP contribution < -0.4 is 0 Å². The van der Waals surface area contributed by atoms with E-state index in [1.165, 1.54) is 47.1 Å². The molecule has 0 unspecified atom stereocenters. The lowest BCUT2D eigenvalue weighted by Crippen LogP contribution is -2.00. The van der Waals surface area contributed by atoms with E-state index in [0.29, 0.717) is 17.5 Å². The molecule has 8 aromatic carbocycles. The van der Waals surface area contributed by atoms with Gasteiger partial charge in [-0.05, 0) is 52.1 Å². The van der Waals surface area contributed by atoms with Crippen molar-refractivity contribution in [1.82, 2.24) is 19.9 Å². The molecule has 11 aromatic rings. The quantitative estimate of drug-likeness (QED) is 0.162. The Morgan fingerprint density at radius 2 is 0.810 bits per heavy atom. The van der Waals surface area contributed by atoms with Crippen LogP contribution >= 0.6 is 22.7 Å². The molecule has 11 rings (SSSR count). The van der Waals surface area contributed by atoms with E-state index in [-0.39, 0.29) is 0 Å². The lowest BCUT2D eigenvalue weighted by Gasteiger charge is -2.10. The van der Waals surface area contributed by atoms with Gasteiger partial charge in [-0.15, -0.1) is 22.7 Å². The molecule has 0 N–H and O–H groups in total. The fourth-order valence-electron chi connectivity index (χ4n) is 7.81. The summed E-state index contributed by atoms with van der Waals surface area (Å²) in [5.74, 6) is 1.94. The Morgan fingerprint density at radius 3 is 1.52 bits per heavy atom. The summed E-state index contributed by atoms with van der Waals surface area (Å²) >= 11 is 3.59. The largest absolute Gasteiger partial charge is 0.235 e. The van der Waals surface area contributed by atoms with E-state index < -0.39 is 0 Å². The van der Waals surface area contributed by atoms with Gasteiger partial charge in [0, 0.05) is 48.0 Å². The van der Waals surface area contributed by atoms with Crippen LogP contribution in [0.2, 0.25) is 0 Å². The maximum Gasteiger partial charge on any atom is 0.164 e. The summed E-state index contributed by atoms with van der Waals surface area (Å²) in [5, 5.41) is 3.51. The van der Waals surface area contributed by atoms with Crippen LogP contribution in [0.15, 0.2) is 194 Å². The minimum absolute atomic E-state index is 0.642. The first-order valence-electron chi connectivity index (χ1n) is 19.2. The molecule has 58 heavy (non-hydrogen) atoms. The summed E-state index contributed by atoms with van der Waals surface area (Å²) in [6, 6.07) is 68.0. The topological polar surface area (TPSA) is 51.6 Å². The van der Waals surface area contributed by atoms with Gasteiger partial charge in [0.25, 0.3) is 0 Å². The highest BCUT2D eigenvalue weighted by Crippen LogP contribution is 2.46. The summed E-state index contributed by atoms with van der Waals surface area (Å²) in [6.45, 7) is 0. The molecule has 0 bridgehead atoms. The Hall–Kier alpha value is -7.12. The molecular formula is C52H32N4S2. The summed E-state index contributed by atoms with van der Waals surface area (Å²) in [5.41, 5.74) is 12.0.